The van der Waals surface area contributed by atoms with Gasteiger partial charge in [-0.3, -0.25) is 0 Å². The van der Waals surface area contributed by atoms with E-state index in [0.717, 1.165) is 33.4 Å². The second-order valence-corrected chi connectivity index (χ2v) is 17.4. The molecule has 0 heterocycles. The van der Waals surface area contributed by atoms with Crippen molar-refractivity contribution in [2.45, 2.75) is 19.6 Å². The minimum Gasteiger partial charge on any atom is -0.457 e. The second-order valence-electron chi connectivity index (χ2n) is 13.5. The first-order valence-corrected chi connectivity index (χ1v) is 21.8. The molecule has 0 radical (unpaired) electrons. The van der Waals surface area contributed by atoms with Crippen molar-refractivity contribution in [2.24, 2.45) is 0 Å². The van der Waals surface area contributed by atoms with Crippen LogP contribution in [0.25, 0.3) is 11.1 Å². The summed E-state index contributed by atoms with van der Waals surface area (Å²) >= 11 is 0. The van der Waals surface area contributed by atoms with Crippen LogP contribution in [0.1, 0.15) is 22.3 Å². The van der Waals surface area contributed by atoms with E-state index < -0.39 is 19.7 Å². The molecular weight excluding hydrogens is 785 g/mol. The summed E-state index contributed by atoms with van der Waals surface area (Å²) in [6, 6.07) is 60.1. The molecule has 0 aromatic heterocycles. The molecular formula is C52H34O6S2. The summed E-state index contributed by atoms with van der Waals surface area (Å²) < 4.78 is 65.3. The average molecular weight is 819 g/mol. The highest BCUT2D eigenvalue weighted by atomic mass is 32.2. The lowest BCUT2D eigenvalue weighted by Gasteiger charge is -2.10. The predicted molar refractivity (Wildman–Crippen MR) is 234 cm³/mol. The molecule has 0 aliphatic rings. The molecule has 0 saturated carbocycles. The minimum absolute atomic E-state index is 0.161. The van der Waals surface area contributed by atoms with Crippen molar-refractivity contribution in [3.8, 4) is 57.8 Å². The number of sulfone groups is 2. The molecule has 6 nitrogen and oxygen atoms in total. The monoisotopic (exact) mass is 818 g/mol. The Labute approximate surface area is 350 Å². The van der Waals surface area contributed by atoms with Crippen LogP contribution in [-0.4, -0.2) is 16.8 Å². The highest BCUT2D eigenvalue weighted by molar-refractivity contribution is 7.91. The Hall–Kier alpha value is -7.62. The van der Waals surface area contributed by atoms with Gasteiger partial charge in [-0.15, -0.1) is 0 Å². The zero-order chi connectivity index (χ0) is 41.4. The molecule has 0 fully saturated rings. The third-order valence-corrected chi connectivity index (χ3v) is 12.9. The number of benzene rings is 8. The molecule has 8 heteroatoms. The van der Waals surface area contributed by atoms with Crippen LogP contribution in [0.5, 0.6) is 23.0 Å². The third kappa shape index (κ3) is 9.39. The van der Waals surface area contributed by atoms with Gasteiger partial charge in [-0.2, -0.15) is 0 Å². The van der Waals surface area contributed by atoms with Gasteiger partial charge in [-0.25, -0.2) is 16.8 Å². The van der Waals surface area contributed by atoms with Gasteiger partial charge in [-0.05, 0) is 157 Å². The molecule has 290 valence electrons. The standard InChI is InChI=1S/C52H34O6S2/c53-59(54,49-31-15-41(16-32-49)13-11-39-7-3-1-4-8-39)51-35-27-47(28-36-51)57-45-23-19-43(20-24-45)44-21-25-46(26-22-44)58-48-29-37-52(38-30-48)60(55,56)50-33-17-42(18-34-50)14-12-40-9-5-2-6-10-40/h1-10,15-38H. The Morgan fingerprint density at radius 3 is 0.783 bits per heavy atom. The van der Waals surface area contributed by atoms with Gasteiger partial charge in [-0.1, -0.05) is 84.3 Å². The molecule has 8 rings (SSSR count). The summed E-state index contributed by atoms with van der Waals surface area (Å²) in [4.78, 5) is 0.690. The smallest absolute Gasteiger partial charge is 0.206 e. The van der Waals surface area contributed by atoms with Crippen LogP contribution in [-0.2, 0) is 19.7 Å². The molecule has 0 unspecified atom stereocenters. The molecule has 0 N–H and O–H groups in total. The van der Waals surface area contributed by atoms with Gasteiger partial charge in [0.2, 0.25) is 19.7 Å². The van der Waals surface area contributed by atoms with E-state index in [4.69, 9.17) is 9.47 Å². The van der Waals surface area contributed by atoms with E-state index in [-0.39, 0.29) is 19.6 Å². The molecule has 0 saturated heterocycles. The molecule has 0 aliphatic heterocycles. The summed E-state index contributed by atoms with van der Waals surface area (Å²) in [7, 11) is -7.47. The lowest BCUT2D eigenvalue weighted by atomic mass is 10.1. The molecule has 0 bridgehead atoms. The Morgan fingerprint density at radius 1 is 0.267 bits per heavy atom. The van der Waals surface area contributed by atoms with E-state index >= 15 is 0 Å². The minimum atomic E-state index is -3.73. The molecule has 60 heavy (non-hydrogen) atoms. The first-order chi connectivity index (χ1) is 29.2. The van der Waals surface area contributed by atoms with Crippen molar-refractivity contribution in [3.05, 3.63) is 229 Å². The molecule has 0 aliphatic carbocycles. The highest BCUT2D eigenvalue weighted by Crippen LogP contribution is 2.31. The topological polar surface area (TPSA) is 86.7 Å². The van der Waals surface area contributed by atoms with Gasteiger partial charge in [0.15, 0.2) is 0 Å². The van der Waals surface area contributed by atoms with E-state index in [1.165, 1.54) is 24.3 Å². The summed E-state index contributed by atoms with van der Waals surface area (Å²) in [6.07, 6.45) is 0. The van der Waals surface area contributed by atoms with Crippen molar-refractivity contribution < 1.29 is 26.3 Å². The number of hydrogen-bond acceptors (Lipinski definition) is 6. The van der Waals surface area contributed by atoms with Crippen molar-refractivity contribution in [3.63, 3.8) is 0 Å². The van der Waals surface area contributed by atoms with Gasteiger partial charge < -0.3 is 9.47 Å². The van der Waals surface area contributed by atoms with E-state index in [1.807, 2.05) is 109 Å². The van der Waals surface area contributed by atoms with Crippen LogP contribution in [0.4, 0.5) is 0 Å². The highest BCUT2D eigenvalue weighted by Gasteiger charge is 2.19. The van der Waals surface area contributed by atoms with Crippen LogP contribution in [0.3, 0.4) is 0 Å². The van der Waals surface area contributed by atoms with Crippen molar-refractivity contribution in [1.29, 1.82) is 0 Å². The summed E-state index contributed by atoms with van der Waals surface area (Å²) in [5.74, 6) is 14.5. The Balaban J connectivity index is 0.849. The quantitative estimate of drug-likeness (QED) is 0.135. The maximum Gasteiger partial charge on any atom is 0.206 e. The number of rotatable bonds is 9. The van der Waals surface area contributed by atoms with Gasteiger partial charge in [0, 0.05) is 22.3 Å². The molecule has 8 aromatic carbocycles. The van der Waals surface area contributed by atoms with E-state index in [2.05, 4.69) is 23.7 Å². The van der Waals surface area contributed by atoms with Gasteiger partial charge in [0.05, 0.1) is 19.6 Å². The average Bonchev–Trinajstić information content (AvgIpc) is 3.29. The summed E-state index contributed by atoms with van der Waals surface area (Å²) in [6.45, 7) is 0. The van der Waals surface area contributed by atoms with E-state index in [1.54, 1.807) is 72.8 Å². The fourth-order valence-electron chi connectivity index (χ4n) is 6.12. The van der Waals surface area contributed by atoms with E-state index in [9.17, 15) is 16.8 Å². The largest absolute Gasteiger partial charge is 0.457 e. The van der Waals surface area contributed by atoms with Crippen molar-refractivity contribution in [2.75, 3.05) is 0 Å². The van der Waals surface area contributed by atoms with Crippen LogP contribution >= 0.6 is 0 Å². The van der Waals surface area contributed by atoms with Gasteiger partial charge >= 0.3 is 0 Å². The van der Waals surface area contributed by atoms with E-state index in [0.29, 0.717) is 23.0 Å². The molecule has 8 aromatic rings. The molecule has 0 spiro atoms. The fraction of sp³-hybridized carbons (Fsp3) is 0. The summed E-state index contributed by atoms with van der Waals surface area (Å²) in [5, 5.41) is 0. The number of hydrogen-bond donors (Lipinski definition) is 0. The summed E-state index contributed by atoms with van der Waals surface area (Å²) in [5.41, 5.74) is 5.12. The van der Waals surface area contributed by atoms with Crippen LogP contribution in [0.2, 0.25) is 0 Å². The van der Waals surface area contributed by atoms with Crippen molar-refractivity contribution >= 4 is 19.7 Å². The Kier molecular flexibility index (Phi) is 11.4. The van der Waals surface area contributed by atoms with Crippen molar-refractivity contribution in [1.82, 2.24) is 0 Å². The normalized spacial score (nSPS) is 11.0. The maximum atomic E-state index is 13.3. The molecule has 0 atom stereocenters. The zero-order valence-electron chi connectivity index (χ0n) is 31.9. The van der Waals surface area contributed by atoms with Crippen LogP contribution in [0.15, 0.2) is 226 Å². The Morgan fingerprint density at radius 2 is 0.500 bits per heavy atom. The lowest BCUT2D eigenvalue weighted by molar-refractivity contribution is 0.481. The first-order valence-electron chi connectivity index (χ1n) is 18.8. The van der Waals surface area contributed by atoms with Gasteiger partial charge in [0.25, 0.3) is 0 Å². The number of ether oxygens (including phenoxy) is 2. The first kappa shape index (κ1) is 39.2. The maximum absolute atomic E-state index is 13.3. The SMILES string of the molecule is O=S(=O)(c1ccc(C#Cc2ccccc2)cc1)c1ccc(Oc2ccc(-c3ccc(Oc4ccc(S(=O)(=O)c5ccc(C#Cc6ccccc6)cc5)cc4)cc3)cc2)cc1. The third-order valence-electron chi connectivity index (χ3n) is 9.36. The second kappa shape index (κ2) is 17.5. The van der Waals surface area contributed by atoms with Crippen LogP contribution < -0.4 is 9.47 Å². The van der Waals surface area contributed by atoms with Gasteiger partial charge in [0.1, 0.15) is 23.0 Å². The lowest BCUT2D eigenvalue weighted by Crippen LogP contribution is -2.01. The van der Waals surface area contributed by atoms with Crippen LogP contribution in [0, 0.1) is 23.7 Å². The molecule has 0 amide bonds. The fourth-order valence-corrected chi connectivity index (χ4v) is 8.64. The predicted octanol–water partition coefficient (Wildman–Crippen LogP) is 11.4. The zero-order valence-corrected chi connectivity index (χ0v) is 33.5. The Bertz CT molecular complexity index is 2870.